The molecule has 84 valence electrons. The lowest BCUT2D eigenvalue weighted by Gasteiger charge is -2.04. The van der Waals surface area contributed by atoms with E-state index in [1.165, 1.54) is 6.42 Å². The predicted octanol–water partition coefficient (Wildman–Crippen LogP) is 1.19. The summed E-state index contributed by atoms with van der Waals surface area (Å²) in [6, 6.07) is 0. The molecule has 0 aromatic carbocycles. The second-order valence-corrected chi connectivity index (χ2v) is 3.21. The molecule has 1 unspecified atom stereocenters. The standard InChI is InChI=1S/C10H20O4/c1-2-3-4-11-5-6-12-7-8-13-10-9-14-10/h10H,2-9H2,1H3. The van der Waals surface area contributed by atoms with E-state index in [1.54, 1.807) is 0 Å². The molecule has 0 saturated carbocycles. The Bertz CT molecular complexity index is 125. The average molecular weight is 204 g/mol. The zero-order valence-electron chi connectivity index (χ0n) is 8.87. The topological polar surface area (TPSA) is 40.2 Å². The molecule has 1 atom stereocenters. The third-order valence-electron chi connectivity index (χ3n) is 1.85. The average Bonchev–Trinajstić information content (AvgIpc) is 2.99. The Labute approximate surface area is 85.5 Å². The van der Waals surface area contributed by atoms with Crippen LogP contribution in [-0.4, -0.2) is 45.9 Å². The number of unbranched alkanes of at least 4 members (excludes halogenated alkanes) is 1. The summed E-state index contributed by atoms with van der Waals surface area (Å²) in [5, 5.41) is 0. The zero-order valence-corrected chi connectivity index (χ0v) is 8.87. The van der Waals surface area contributed by atoms with Crippen molar-refractivity contribution in [3.63, 3.8) is 0 Å². The molecule has 1 aliphatic heterocycles. The van der Waals surface area contributed by atoms with Gasteiger partial charge in [-0.25, -0.2) is 0 Å². The zero-order chi connectivity index (χ0) is 10.1. The Hall–Kier alpha value is -0.160. The SMILES string of the molecule is CCCCOCCOCCOC1CO1. The van der Waals surface area contributed by atoms with Crippen LogP contribution in [0.3, 0.4) is 0 Å². The third-order valence-corrected chi connectivity index (χ3v) is 1.85. The summed E-state index contributed by atoms with van der Waals surface area (Å²) in [6.45, 7) is 6.29. The Balaban J connectivity index is 1.63. The van der Waals surface area contributed by atoms with Gasteiger partial charge in [-0.1, -0.05) is 13.3 Å². The molecule has 0 aromatic rings. The van der Waals surface area contributed by atoms with Crippen molar-refractivity contribution in [3.05, 3.63) is 0 Å². The molecular weight excluding hydrogens is 184 g/mol. The summed E-state index contributed by atoms with van der Waals surface area (Å²) < 4.78 is 20.7. The third kappa shape index (κ3) is 7.26. The number of hydrogen-bond acceptors (Lipinski definition) is 4. The van der Waals surface area contributed by atoms with Crippen molar-refractivity contribution in [1.29, 1.82) is 0 Å². The number of rotatable bonds is 10. The van der Waals surface area contributed by atoms with Gasteiger partial charge in [-0.3, -0.25) is 0 Å². The molecular formula is C10H20O4. The van der Waals surface area contributed by atoms with Gasteiger partial charge in [-0.05, 0) is 6.42 Å². The van der Waals surface area contributed by atoms with Gasteiger partial charge in [-0.15, -0.1) is 0 Å². The maximum atomic E-state index is 5.32. The predicted molar refractivity (Wildman–Crippen MR) is 52.2 cm³/mol. The Kier molecular flexibility index (Phi) is 6.95. The van der Waals surface area contributed by atoms with Gasteiger partial charge in [0.05, 0.1) is 26.4 Å². The highest BCUT2D eigenvalue weighted by atomic mass is 16.8. The minimum absolute atomic E-state index is 0.0411. The first kappa shape index (κ1) is 11.9. The quantitative estimate of drug-likeness (QED) is 0.396. The van der Waals surface area contributed by atoms with Gasteiger partial charge in [0.15, 0.2) is 6.29 Å². The highest BCUT2D eigenvalue weighted by Crippen LogP contribution is 2.09. The van der Waals surface area contributed by atoms with E-state index in [4.69, 9.17) is 18.9 Å². The lowest BCUT2D eigenvalue weighted by molar-refractivity contribution is -0.0109. The van der Waals surface area contributed by atoms with Gasteiger partial charge in [0.25, 0.3) is 0 Å². The fourth-order valence-electron chi connectivity index (χ4n) is 0.942. The number of ether oxygens (including phenoxy) is 4. The summed E-state index contributed by atoms with van der Waals surface area (Å²) in [4.78, 5) is 0. The van der Waals surface area contributed by atoms with E-state index in [-0.39, 0.29) is 6.29 Å². The molecule has 0 bridgehead atoms. The van der Waals surface area contributed by atoms with Crippen molar-refractivity contribution in [3.8, 4) is 0 Å². The van der Waals surface area contributed by atoms with Gasteiger partial charge in [0, 0.05) is 6.61 Å². The largest absolute Gasteiger partial charge is 0.379 e. The smallest absolute Gasteiger partial charge is 0.181 e. The van der Waals surface area contributed by atoms with Crippen LogP contribution in [0.5, 0.6) is 0 Å². The van der Waals surface area contributed by atoms with E-state index in [1.807, 2.05) is 0 Å². The van der Waals surface area contributed by atoms with Crippen LogP contribution in [0.15, 0.2) is 0 Å². The van der Waals surface area contributed by atoms with Crippen LogP contribution < -0.4 is 0 Å². The van der Waals surface area contributed by atoms with Gasteiger partial charge in [-0.2, -0.15) is 0 Å². The molecule has 4 heteroatoms. The van der Waals surface area contributed by atoms with Crippen molar-refractivity contribution in [2.75, 3.05) is 39.6 Å². The van der Waals surface area contributed by atoms with Gasteiger partial charge >= 0.3 is 0 Å². The van der Waals surface area contributed by atoms with E-state index in [0.29, 0.717) is 26.4 Å². The molecule has 14 heavy (non-hydrogen) atoms. The number of epoxide rings is 1. The number of hydrogen-bond donors (Lipinski definition) is 0. The van der Waals surface area contributed by atoms with Crippen LogP contribution in [0, 0.1) is 0 Å². The van der Waals surface area contributed by atoms with Crippen molar-refractivity contribution in [2.45, 2.75) is 26.1 Å². The van der Waals surface area contributed by atoms with Crippen molar-refractivity contribution in [1.82, 2.24) is 0 Å². The summed E-state index contributed by atoms with van der Waals surface area (Å²) in [7, 11) is 0. The molecule has 0 aliphatic carbocycles. The molecule has 0 amide bonds. The van der Waals surface area contributed by atoms with Crippen molar-refractivity contribution in [2.24, 2.45) is 0 Å². The van der Waals surface area contributed by atoms with Gasteiger partial charge < -0.3 is 18.9 Å². The molecule has 0 aromatic heterocycles. The second kappa shape index (κ2) is 8.17. The van der Waals surface area contributed by atoms with Crippen LogP contribution in [0.2, 0.25) is 0 Å². The lowest BCUT2D eigenvalue weighted by Crippen LogP contribution is -2.10. The van der Waals surface area contributed by atoms with Crippen LogP contribution in [0.4, 0.5) is 0 Å². The molecule has 1 rings (SSSR count). The van der Waals surface area contributed by atoms with E-state index in [2.05, 4.69) is 6.92 Å². The molecule has 1 fully saturated rings. The van der Waals surface area contributed by atoms with Crippen LogP contribution in [0.25, 0.3) is 0 Å². The maximum absolute atomic E-state index is 5.32. The first-order valence-electron chi connectivity index (χ1n) is 5.32. The Morgan fingerprint density at radius 1 is 1.07 bits per heavy atom. The van der Waals surface area contributed by atoms with Gasteiger partial charge in [0.2, 0.25) is 0 Å². The minimum atomic E-state index is 0.0411. The molecule has 0 spiro atoms. The van der Waals surface area contributed by atoms with Crippen molar-refractivity contribution < 1.29 is 18.9 Å². The minimum Gasteiger partial charge on any atom is -0.379 e. The molecule has 1 heterocycles. The summed E-state index contributed by atoms with van der Waals surface area (Å²) in [6.07, 6.45) is 2.34. The maximum Gasteiger partial charge on any atom is 0.181 e. The first-order valence-corrected chi connectivity index (χ1v) is 5.32. The van der Waals surface area contributed by atoms with Crippen molar-refractivity contribution >= 4 is 0 Å². The fourth-order valence-corrected chi connectivity index (χ4v) is 0.942. The normalized spacial score (nSPS) is 19.9. The van der Waals surface area contributed by atoms with Gasteiger partial charge in [0.1, 0.15) is 6.61 Å². The monoisotopic (exact) mass is 204 g/mol. The molecule has 0 radical (unpaired) electrons. The van der Waals surface area contributed by atoms with E-state index in [0.717, 1.165) is 19.6 Å². The van der Waals surface area contributed by atoms with E-state index in [9.17, 15) is 0 Å². The molecule has 0 N–H and O–H groups in total. The highest BCUT2D eigenvalue weighted by molar-refractivity contribution is 4.54. The summed E-state index contributed by atoms with van der Waals surface area (Å²) in [5.41, 5.74) is 0. The van der Waals surface area contributed by atoms with Crippen LogP contribution in [-0.2, 0) is 18.9 Å². The second-order valence-electron chi connectivity index (χ2n) is 3.21. The molecule has 1 saturated heterocycles. The summed E-state index contributed by atoms with van der Waals surface area (Å²) in [5.74, 6) is 0. The fraction of sp³-hybridized carbons (Fsp3) is 1.00. The highest BCUT2D eigenvalue weighted by Gasteiger charge is 2.22. The lowest BCUT2D eigenvalue weighted by atomic mass is 10.4. The van der Waals surface area contributed by atoms with Crippen LogP contribution >= 0.6 is 0 Å². The summed E-state index contributed by atoms with van der Waals surface area (Å²) >= 11 is 0. The molecule has 4 nitrogen and oxygen atoms in total. The van der Waals surface area contributed by atoms with E-state index < -0.39 is 0 Å². The molecule has 1 aliphatic rings. The van der Waals surface area contributed by atoms with E-state index >= 15 is 0 Å². The van der Waals surface area contributed by atoms with Crippen LogP contribution in [0.1, 0.15) is 19.8 Å². The Morgan fingerprint density at radius 2 is 1.71 bits per heavy atom. The Morgan fingerprint density at radius 3 is 2.36 bits per heavy atom. The first-order chi connectivity index (χ1) is 6.93.